The molecule has 2 atom stereocenters. The van der Waals surface area contributed by atoms with Crippen molar-refractivity contribution in [1.82, 2.24) is 10.2 Å². The van der Waals surface area contributed by atoms with Crippen molar-refractivity contribution in [3.8, 4) is 11.1 Å². The Hall–Kier alpha value is -3.43. The first kappa shape index (κ1) is 29.6. The highest BCUT2D eigenvalue weighted by atomic mass is 16.6. The van der Waals surface area contributed by atoms with E-state index >= 15 is 0 Å². The number of carboxylic acid groups (broad SMARTS) is 1. The summed E-state index contributed by atoms with van der Waals surface area (Å²) in [6.45, 7) is 6.75. The van der Waals surface area contributed by atoms with E-state index in [0.717, 1.165) is 41.5 Å². The molecule has 0 spiro atoms. The topological polar surface area (TPSA) is 131 Å². The second-order valence-electron chi connectivity index (χ2n) is 11.7. The zero-order valence-electron chi connectivity index (χ0n) is 23.7. The lowest BCUT2D eigenvalue weighted by atomic mass is 9.94. The van der Waals surface area contributed by atoms with E-state index in [1.165, 1.54) is 0 Å². The van der Waals surface area contributed by atoms with Gasteiger partial charge in [-0.25, -0.2) is 14.4 Å². The number of fused-ring (bicyclic) bond motifs is 3. The van der Waals surface area contributed by atoms with Gasteiger partial charge >= 0.3 is 18.0 Å². The molecular weight excluding hydrogens is 510 g/mol. The highest BCUT2D eigenvalue weighted by molar-refractivity contribution is 6.04. The molecule has 4 rings (SSSR count). The van der Waals surface area contributed by atoms with Crippen LogP contribution in [0.15, 0.2) is 48.5 Å². The summed E-state index contributed by atoms with van der Waals surface area (Å²) >= 11 is 0. The van der Waals surface area contributed by atoms with E-state index in [1.807, 2.05) is 57.2 Å². The quantitative estimate of drug-likeness (QED) is 0.214. The number of unbranched alkanes of at least 4 members (excludes halogenated alkanes) is 3. The van der Waals surface area contributed by atoms with Crippen LogP contribution in [0.25, 0.3) is 11.1 Å². The molecule has 2 aromatic rings. The highest BCUT2D eigenvalue weighted by Crippen LogP contribution is 2.45. The van der Waals surface area contributed by atoms with Crippen molar-refractivity contribution in [1.29, 1.82) is 0 Å². The van der Waals surface area contributed by atoms with Crippen molar-refractivity contribution in [3.63, 3.8) is 0 Å². The summed E-state index contributed by atoms with van der Waals surface area (Å²) < 4.78 is 11.0. The SMILES string of the molecule is CC(C)(C)OC(=O)NCCCCCCN1C[C@@H](N)C[C@]1(C(=O)O)C(=O)OCC1c2ccccc2-c2ccccc21. The molecule has 0 unspecified atom stereocenters. The number of hydrogen-bond acceptors (Lipinski definition) is 7. The molecule has 2 aromatic carbocycles. The summed E-state index contributed by atoms with van der Waals surface area (Å²) in [5, 5.41) is 13.0. The van der Waals surface area contributed by atoms with E-state index in [-0.39, 0.29) is 18.9 Å². The molecule has 1 aliphatic heterocycles. The summed E-state index contributed by atoms with van der Waals surface area (Å²) in [5.74, 6) is -2.13. The third kappa shape index (κ3) is 6.47. The van der Waals surface area contributed by atoms with Gasteiger partial charge in [0, 0.05) is 31.5 Å². The lowest BCUT2D eigenvalue weighted by Crippen LogP contribution is -2.57. The van der Waals surface area contributed by atoms with Crippen LogP contribution in [0.4, 0.5) is 4.79 Å². The number of carboxylic acids is 1. The zero-order valence-corrected chi connectivity index (χ0v) is 23.7. The summed E-state index contributed by atoms with van der Waals surface area (Å²) in [6.07, 6.45) is 2.72. The summed E-state index contributed by atoms with van der Waals surface area (Å²) in [7, 11) is 0. The van der Waals surface area contributed by atoms with Crippen LogP contribution in [0.3, 0.4) is 0 Å². The Morgan fingerprint density at radius 1 is 1.00 bits per heavy atom. The number of nitrogens with two attached hydrogens (primary N) is 1. The average molecular weight is 552 g/mol. The Kier molecular flexibility index (Phi) is 9.15. The molecule has 216 valence electrons. The first-order valence-electron chi connectivity index (χ1n) is 14.1. The standard InChI is InChI=1S/C31H41N3O6/c1-30(2,3)40-29(38)33-16-10-4-5-11-17-34-19-21(32)18-31(34,27(35)36)28(37)39-20-26-24-14-8-6-12-22(24)23-13-7-9-15-25(23)26/h6-9,12-15,21,26H,4-5,10-11,16-20,32H2,1-3H3,(H,33,38)(H,35,36)/t21-,31-/m0/s1. The number of alkyl carbamates (subject to hydrolysis) is 1. The number of amides is 1. The summed E-state index contributed by atoms with van der Waals surface area (Å²) in [4.78, 5) is 39.6. The van der Waals surface area contributed by atoms with Crippen LogP contribution < -0.4 is 11.1 Å². The molecule has 1 saturated heterocycles. The fourth-order valence-electron chi connectivity index (χ4n) is 5.82. The van der Waals surface area contributed by atoms with Crippen LogP contribution >= 0.6 is 0 Å². The second kappa shape index (κ2) is 12.4. The molecule has 9 nitrogen and oxygen atoms in total. The molecule has 1 heterocycles. The Labute approximate surface area is 236 Å². The lowest BCUT2D eigenvalue weighted by molar-refractivity contribution is -0.170. The van der Waals surface area contributed by atoms with Gasteiger partial charge in [-0.05, 0) is 62.4 Å². The van der Waals surface area contributed by atoms with Crippen molar-refractivity contribution in [3.05, 3.63) is 59.7 Å². The van der Waals surface area contributed by atoms with Gasteiger partial charge in [-0.2, -0.15) is 0 Å². The maximum absolute atomic E-state index is 13.5. The molecule has 1 amide bonds. The van der Waals surface area contributed by atoms with Gasteiger partial charge in [0.15, 0.2) is 0 Å². The fourth-order valence-corrected chi connectivity index (χ4v) is 5.82. The molecule has 40 heavy (non-hydrogen) atoms. The van der Waals surface area contributed by atoms with Gasteiger partial charge in [0.25, 0.3) is 0 Å². The molecule has 0 saturated carbocycles. The second-order valence-corrected chi connectivity index (χ2v) is 11.7. The Morgan fingerprint density at radius 3 is 2.20 bits per heavy atom. The first-order valence-corrected chi connectivity index (χ1v) is 14.1. The van der Waals surface area contributed by atoms with Gasteiger partial charge < -0.3 is 25.6 Å². The third-order valence-electron chi connectivity index (χ3n) is 7.61. The largest absolute Gasteiger partial charge is 0.479 e. The van der Waals surface area contributed by atoms with Crippen molar-refractivity contribution >= 4 is 18.0 Å². The van der Waals surface area contributed by atoms with Gasteiger partial charge in [0.1, 0.15) is 12.2 Å². The molecule has 0 bridgehead atoms. The van der Waals surface area contributed by atoms with Crippen LogP contribution in [-0.2, 0) is 19.1 Å². The van der Waals surface area contributed by atoms with Gasteiger partial charge in [-0.15, -0.1) is 0 Å². The van der Waals surface area contributed by atoms with Gasteiger partial charge in [0.2, 0.25) is 5.54 Å². The predicted molar refractivity (Wildman–Crippen MR) is 152 cm³/mol. The van der Waals surface area contributed by atoms with E-state index in [9.17, 15) is 19.5 Å². The number of benzene rings is 2. The maximum atomic E-state index is 13.5. The lowest BCUT2D eigenvalue weighted by Gasteiger charge is -2.32. The minimum atomic E-state index is -1.80. The Bertz CT molecular complexity index is 1180. The number of hydrogen-bond donors (Lipinski definition) is 3. The van der Waals surface area contributed by atoms with E-state index in [4.69, 9.17) is 15.2 Å². The minimum Gasteiger partial charge on any atom is -0.479 e. The molecule has 2 aliphatic rings. The number of ether oxygens (including phenoxy) is 2. The smallest absolute Gasteiger partial charge is 0.407 e. The highest BCUT2D eigenvalue weighted by Gasteiger charge is 2.57. The third-order valence-corrected chi connectivity index (χ3v) is 7.61. The predicted octanol–water partition coefficient (Wildman–Crippen LogP) is 4.28. The minimum absolute atomic E-state index is 0.0127. The molecule has 1 fully saturated rings. The molecule has 0 radical (unpaired) electrons. The first-order chi connectivity index (χ1) is 19.0. The number of aliphatic carboxylic acids is 1. The normalized spacial score (nSPS) is 20.6. The van der Waals surface area contributed by atoms with E-state index in [0.29, 0.717) is 26.1 Å². The molecule has 1 aliphatic carbocycles. The van der Waals surface area contributed by atoms with E-state index < -0.39 is 35.2 Å². The molecule has 0 aromatic heterocycles. The van der Waals surface area contributed by atoms with Crippen molar-refractivity contribution < 1.29 is 29.0 Å². The van der Waals surface area contributed by atoms with E-state index in [2.05, 4.69) is 17.4 Å². The Balaban J connectivity index is 1.33. The molecule has 4 N–H and O–H groups in total. The number of likely N-dealkylation sites (tertiary alicyclic amines) is 1. The van der Waals surface area contributed by atoms with Crippen LogP contribution in [0.2, 0.25) is 0 Å². The van der Waals surface area contributed by atoms with Crippen molar-refractivity contribution in [2.24, 2.45) is 5.73 Å². The average Bonchev–Trinajstić information content (AvgIpc) is 3.41. The van der Waals surface area contributed by atoms with Crippen LogP contribution in [0.1, 0.15) is 69.9 Å². The van der Waals surface area contributed by atoms with Crippen LogP contribution in [-0.4, -0.2) is 71.5 Å². The number of nitrogens with zero attached hydrogens (tertiary/aromatic N) is 1. The van der Waals surface area contributed by atoms with Gasteiger partial charge in [-0.3, -0.25) is 4.90 Å². The summed E-state index contributed by atoms with van der Waals surface area (Å²) in [6, 6.07) is 15.6. The number of esters is 1. The maximum Gasteiger partial charge on any atom is 0.407 e. The van der Waals surface area contributed by atoms with Gasteiger partial charge in [0.05, 0.1) is 0 Å². The number of rotatable bonds is 11. The zero-order chi connectivity index (χ0) is 28.9. The van der Waals surface area contributed by atoms with Crippen LogP contribution in [0, 0.1) is 0 Å². The number of carbonyl (C=O) groups excluding carboxylic acids is 2. The molecular formula is C31H41N3O6. The van der Waals surface area contributed by atoms with Crippen molar-refractivity contribution in [2.75, 3.05) is 26.2 Å². The van der Waals surface area contributed by atoms with Gasteiger partial charge in [-0.1, -0.05) is 61.4 Å². The fraction of sp³-hybridized carbons (Fsp3) is 0.516. The molecule has 9 heteroatoms. The van der Waals surface area contributed by atoms with E-state index in [1.54, 1.807) is 4.90 Å². The monoisotopic (exact) mass is 551 g/mol. The summed E-state index contributed by atoms with van der Waals surface area (Å²) in [5.41, 5.74) is 8.23. The van der Waals surface area contributed by atoms with Crippen molar-refractivity contribution in [2.45, 2.75) is 76.0 Å². The van der Waals surface area contributed by atoms with Crippen LogP contribution in [0.5, 0.6) is 0 Å². The number of carbonyl (C=O) groups is 3. The Morgan fingerprint density at radius 2 is 1.60 bits per heavy atom. The number of nitrogens with one attached hydrogen (secondary N) is 1.